The second-order valence-corrected chi connectivity index (χ2v) is 11.1. The monoisotopic (exact) mass is 296 g/mol. The van der Waals surface area contributed by atoms with E-state index in [9.17, 15) is 0 Å². The van der Waals surface area contributed by atoms with E-state index in [1.165, 1.54) is 0 Å². The minimum Gasteiger partial charge on any atom is -0.488 e. The first-order chi connectivity index (χ1) is 9.03. The fourth-order valence-corrected chi connectivity index (χ4v) is 3.40. The zero-order valence-electron chi connectivity index (χ0n) is 13.9. The standard InChI is InChI=1S/C16H28O3Si/c1-10-16(19-20(7,8)9)13(6)14(17-11(2)3)15(16)18-12(4)5/h10-12H,1,6H2,2-5,7-9H3. The lowest BCUT2D eigenvalue weighted by molar-refractivity contribution is 0.000571. The summed E-state index contributed by atoms with van der Waals surface area (Å²) in [5.74, 6) is 1.43. The highest BCUT2D eigenvalue weighted by molar-refractivity contribution is 6.70. The molecule has 0 amide bonds. The summed E-state index contributed by atoms with van der Waals surface area (Å²) >= 11 is 0. The highest BCUT2D eigenvalue weighted by atomic mass is 28.4. The van der Waals surface area contributed by atoms with Gasteiger partial charge >= 0.3 is 0 Å². The minimum absolute atomic E-state index is 0.0495. The summed E-state index contributed by atoms with van der Waals surface area (Å²) < 4.78 is 18.1. The predicted octanol–water partition coefficient (Wildman–Crippen LogP) is 4.39. The quantitative estimate of drug-likeness (QED) is 0.515. The third kappa shape index (κ3) is 3.36. The van der Waals surface area contributed by atoms with Gasteiger partial charge in [-0.3, -0.25) is 0 Å². The van der Waals surface area contributed by atoms with Crippen molar-refractivity contribution in [3.63, 3.8) is 0 Å². The first-order valence-corrected chi connectivity index (χ1v) is 10.6. The fraction of sp³-hybridized carbons (Fsp3) is 0.625. The maximum Gasteiger partial charge on any atom is 0.186 e. The molecule has 1 rings (SSSR count). The van der Waals surface area contributed by atoms with E-state index in [2.05, 4.69) is 32.8 Å². The molecule has 0 aromatic carbocycles. The lowest BCUT2D eigenvalue weighted by Crippen LogP contribution is -2.52. The maximum atomic E-state index is 6.31. The summed E-state index contributed by atoms with van der Waals surface area (Å²) in [6.45, 7) is 22.4. The van der Waals surface area contributed by atoms with Crippen LogP contribution in [0.5, 0.6) is 0 Å². The molecule has 0 bridgehead atoms. The van der Waals surface area contributed by atoms with Crippen molar-refractivity contribution in [2.45, 2.75) is 65.1 Å². The lowest BCUT2D eigenvalue weighted by Gasteiger charge is -2.47. The Morgan fingerprint density at radius 1 is 1.05 bits per heavy atom. The molecule has 0 N–H and O–H groups in total. The van der Waals surface area contributed by atoms with Gasteiger partial charge in [0.2, 0.25) is 0 Å². The van der Waals surface area contributed by atoms with Gasteiger partial charge < -0.3 is 13.9 Å². The highest BCUT2D eigenvalue weighted by Gasteiger charge is 2.54. The summed E-state index contributed by atoms with van der Waals surface area (Å²) in [7, 11) is -1.79. The van der Waals surface area contributed by atoms with Crippen LogP contribution in [0.15, 0.2) is 36.3 Å². The average Bonchev–Trinajstić information content (AvgIpc) is 2.29. The first kappa shape index (κ1) is 17.0. The van der Waals surface area contributed by atoms with Crippen LogP contribution in [0, 0.1) is 0 Å². The van der Waals surface area contributed by atoms with Crippen LogP contribution < -0.4 is 0 Å². The summed E-state index contributed by atoms with van der Waals surface area (Å²) in [5, 5.41) is 0. The van der Waals surface area contributed by atoms with Crippen molar-refractivity contribution >= 4 is 8.32 Å². The van der Waals surface area contributed by atoms with Gasteiger partial charge in [0.25, 0.3) is 0 Å². The van der Waals surface area contributed by atoms with Gasteiger partial charge in [-0.2, -0.15) is 0 Å². The Morgan fingerprint density at radius 3 is 1.90 bits per heavy atom. The molecule has 1 aliphatic rings. The topological polar surface area (TPSA) is 27.7 Å². The molecule has 0 radical (unpaired) electrons. The van der Waals surface area contributed by atoms with E-state index in [1.54, 1.807) is 6.08 Å². The van der Waals surface area contributed by atoms with E-state index in [4.69, 9.17) is 13.9 Å². The predicted molar refractivity (Wildman–Crippen MR) is 86.0 cm³/mol. The van der Waals surface area contributed by atoms with Gasteiger partial charge in [-0.15, -0.1) is 0 Å². The molecule has 114 valence electrons. The van der Waals surface area contributed by atoms with Crippen molar-refractivity contribution < 1.29 is 13.9 Å². The van der Waals surface area contributed by atoms with Crippen molar-refractivity contribution in [2.75, 3.05) is 0 Å². The summed E-state index contributed by atoms with van der Waals surface area (Å²) in [6, 6.07) is 0. The third-order valence-corrected chi connectivity index (χ3v) is 3.66. The molecule has 20 heavy (non-hydrogen) atoms. The van der Waals surface area contributed by atoms with Gasteiger partial charge in [0.1, 0.15) is 0 Å². The molecule has 0 saturated heterocycles. The molecule has 1 aliphatic carbocycles. The number of hydrogen-bond donors (Lipinski definition) is 0. The Labute approximate surface area is 124 Å². The zero-order chi connectivity index (χ0) is 15.7. The Hall–Kier alpha value is -1.00. The minimum atomic E-state index is -1.79. The second kappa shape index (κ2) is 5.78. The van der Waals surface area contributed by atoms with Crippen LogP contribution in [-0.2, 0) is 13.9 Å². The van der Waals surface area contributed by atoms with Crippen LogP contribution in [0.4, 0.5) is 0 Å². The zero-order valence-corrected chi connectivity index (χ0v) is 14.9. The molecule has 0 fully saturated rings. The van der Waals surface area contributed by atoms with Crippen LogP contribution in [0.1, 0.15) is 27.7 Å². The molecule has 1 unspecified atom stereocenters. The Balaban J connectivity index is 3.21. The van der Waals surface area contributed by atoms with Gasteiger partial charge in [-0.1, -0.05) is 13.2 Å². The van der Waals surface area contributed by atoms with Gasteiger partial charge in [-0.25, -0.2) is 0 Å². The van der Waals surface area contributed by atoms with Crippen molar-refractivity contribution in [2.24, 2.45) is 0 Å². The third-order valence-electron chi connectivity index (χ3n) is 2.73. The summed E-state index contributed by atoms with van der Waals surface area (Å²) in [4.78, 5) is 0. The molecule has 0 aliphatic heterocycles. The average molecular weight is 296 g/mol. The van der Waals surface area contributed by atoms with Gasteiger partial charge in [0, 0.05) is 5.57 Å². The number of hydrogen-bond acceptors (Lipinski definition) is 3. The van der Waals surface area contributed by atoms with E-state index < -0.39 is 13.9 Å². The van der Waals surface area contributed by atoms with Gasteiger partial charge in [0.05, 0.1) is 12.2 Å². The molecular formula is C16H28O3Si. The molecule has 0 heterocycles. The largest absolute Gasteiger partial charge is 0.488 e. The molecule has 4 heteroatoms. The SMILES string of the molecule is C=CC1(O[Si](C)(C)C)C(=C)C(OC(C)C)=C1OC(C)C. The van der Waals surface area contributed by atoms with Crippen LogP contribution in [0.25, 0.3) is 0 Å². The second-order valence-electron chi connectivity index (χ2n) is 6.62. The molecule has 1 atom stereocenters. The van der Waals surface area contributed by atoms with Gasteiger partial charge in [-0.05, 0) is 53.4 Å². The van der Waals surface area contributed by atoms with Crippen LogP contribution >= 0.6 is 0 Å². The van der Waals surface area contributed by atoms with E-state index in [1.807, 2.05) is 27.7 Å². The summed E-state index contributed by atoms with van der Waals surface area (Å²) in [5.41, 5.74) is 0.0816. The van der Waals surface area contributed by atoms with Crippen molar-refractivity contribution in [3.05, 3.63) is 36.3 Å². The molecule has 3 nitrogen and oxygen atoms in total. The van der Waals surface area contributed by atoms with Crippen LogP contribution in [-0.4, -0.2) is 26.1 Å². The van der Waals surface area contributed by atoms with Crippen molar-refractivity contribution in [3.8, 4) is 0 Å². The molecule has 0 aromatic heterocycles. The van der Waals surface area contributed by atoms with E-state index in [0.29, 0.717) is 11.5 Å². The fourth-order valence-electron chi connectivity index (χ4n) is 2.13. The van der Waals surface area contributed by atoms with Crippen LogP contribution in [0.2, 0.25) is 19.6 Å². The first-order valence-electron chi connectivity index (χ1n) is 7.15. The van der Waals surface area contributed by atoms with Crippen LogP contribution in [0.3, 0.4) is 0 Å². The van der Waals surface area contributed by atoms with Gasteiger partial charge in [0.15, 0.2) is 25.4 Å². The number of rotatable bonds is 7. The highest BCUT2D eigenvalue weighted by Crippen LogP contribution is 2.50. The molecular weight excluding hydrogens is 268 g/mol. The van der Waals surface area contributed by atoms with Crippen molar-refractivity contribution in [1.82, 2.24) is 0 Å². The lowest BCUT2D eigenvalue weighted by atomic mass is 9.79. The molecule has 0 spiro atoms. The Bertz CT molecular complexity index is 429. The number of ether oxygens (including phenoxy) is 2. The normalized spacial score (nSPS) is 23.1. The maximum absolute atomic E-state index is 6.31. The van der Waals surface area contributed by atoms with E-state index >= 15 is 0 Å². The van der Waals surface area contributed by atoms with Crippen molar-refractivity contribution in [1.29, 1.82) is 0 Å². The van der Waals surface area contributed by atoms with E-state index in [-0.39, 0.29) is 12.2 Å². The summed E-state index contributed by atoms with van der Waals surface area (Å²) in [6.07, 6.45) is 1.90. The molecule has 0 aromatic rings. The molecule has 0 saturated carbocycles. The Morgan fingerprint density at radius 2 is 1.55 bits per heavy atom. The van der Waals surface area contributed by atoms with E-state index in [0.717, 1.165) is 5.57 Å². The Kier molecular flexibility index (Phi) is 4.93. The smallest absolute Gasteiger partial charge is 0.186 e.